The molecule has 0 spiro atoms. The second-order valence-corrected chi connectivity index (χ2v) is 5.73. The highest BCUT2D eigenvalue weighted by Crippen LogP contribution is 2.27. The zero-order valence-electron chi connectivity index (χ0n) is 12.1. The molecular weight excluding hydrogens is 290 g/mol. The third-order valence-electron chi connectivity index (χ3n) is 3.95. The normalized spacial score (nSPS) is 21.0. The summed E-state index contributed by atoms with van der Waals surface area (Å²) in [7, 11) is 1.39. The first kappa shape index (κ1) is 15.8. The minimum absolute atomic E-state index is 0.0456. The Morgan fingerprint density at radius 2 is 2.10 bits per heavy atom. The van der Waals surface area contributed by atoms with Gasteiger partial charge in [0.2, 0.25) is 5.91 Å². The fraction of sp³-hybridized carbons (Fsp3) is 0.500. The van der Waals surface area contributed by atoms with Crippen molar-refractivity contribution in [2.24, 2.45) is 5.92 Å². The Morgan fingerprint density at radius 3 is 2.81 bits per heavy atom. The molecule has 1 fully saturated rings. The highest BCUT2D eigenvalue weighted by Gasteiger charge is 2.34. The van der Waals surface area contributed by atoms with Gasteiger partial charge in [0.1, 0.15) is 0 Å². The molecule has 2 atom stereocenters. The molecule has 0 aliphatic heterocycles. The van der Waals surface area contributed by atoms with Crippen molar-refractivity contribution in [3.8, 4) is 0 Å². The van der Waals surface area contributed by atoms with Gasteiger partial charge in [0.25, 0.3) is 0 Å². The lowest BCUT2D eigenvalue weighted by atomic mass is 10.0. The molecule has 0 radical (unpaired) electrons. The van der Waals surface area contributed by atoms with E-state index in [0.717, 1.165) is 24.8 Å². The highest BCUT2D eigenvalue weighted by molar-refractivity contribution is 6.31. The molecule has 1 saturated carbocycles. The molecule has 1 aromatic carbocycles. The molecule has 5 heteroatoms. The molecule has 4 nitrogen and oxygen atoms in total. The van der Waals surface area contributed by atoms with Crippen molar-refractivity contribution in [2.75, 3.05) is 7.11 Å². The van der Waals surface area contributed by atoms with E-state index in [1.807, 2.05) is 24.3 Å². The van der Waals surface area contributed by atoms with Crippen molar-refractivity contribution in [1.82, 2.24) is 5.32 Å². The zero-order chi connectivity index (χ0) is 15.2. The quantitative estimate of drug-likeness (QED) is 0.851. The van der Waals surface area contributed by atoms with Crippen LogP contribution in [-0.4, -0.2) is 25.0 Å². The zero-order valence-corrected chi connectivity index (χ0v) is 12.9. The van der Waals surface area contributed by atoms with Crippen LogP contribution in [-0.2, 0) is 20.7 Å². The van der Waals surface area contributed by atoms with Gasteiger partial charge < -0.3 is 10.1 Å². The SMILES string of the molecule is COC(=O)C1CCCC1NC(=O)CCc1ccccc1Cl. The lowest BCUT2D eigenvalue weighted by Gasteiger charge is -2.19. The van der Waals surface area contributed by atoms with Gasteiger partial charge >= 0.3 is 5.97 Å². The number of halogens is 1. The van der Waals surface area contributed by atoms with E-state index in [1.54, 1.807) is 0 Å². The predicted molar refractivity (Wildman–Crippen MR) is 81.1 cm³/mol. The average Bonchev–Trinajstić information content (AvgIpc) is 2.93. The molecule has 1 N–H and O–H groups in total. The Balaban J connectivity index is 1.84. The minimum atomic E-state index is -0.232. The number of hydrogen-bond acceptors (Lipinski definition) is 3. The van der Waals surface area contributed by atoms with E-state index in [2.05, 4.69) is 5.32 Å². The largest absolute Gasteiger partial charge is 0.469 e. The van der Waals surface area contributed by atoms with Crippen molar-refractivity contribution < 1.29 is 14.3 Å². The fourth-order valence-electron chi connectivity index (χ4n) is 2.79. The van der Waals surface area contributed by atoms with Crippen molar-refractivity contribution in [1.29, 1.82) is 0 Å². The molecule has 1 aliphatic rings. The molecule has 0 heterocycles. The van der Waals surface area contributed by atoms with Crippen molar-refractivity contribution >= 4 is 23.5 Å². The van der Waals surface area contributed by atoms with Crippen molar-refractivity contribution in [2.45, 2.75) is 38.1 Å². The van der Waals surface area contributed by atoms with Gasteiger partial charge in [-0.1, -0.05) is 36.2 Å². The Bertz CT molecular complexity index is 518. The van der Waals surface area contributed by atoms with Crippen LogP contribution in [0.15, 0.2) is 24.3 Å². The number of aryl methyl sites for hydroxylation is 1. The number of esters is 1. The van der Waals surface area contributed by atoms with Gasteiger partial charge in [-0.2, -0.15) is 0 Å². The Hall–Kier alpha value is -1.55. The number of ether oxygens (including phenoxy) is 1. The first-order valence-electron chi connectivity index (χ1n) is 7.22. The minimum Gasteiger partial charge on any atom is -0.469 e. The van der Waals surface area contributed by atoms with E-state index in [1.165, 1.54) is 7.11 Å². The molecule has 0 bridgehead atoms. The van der Waals surface area contributed by atoms with Crippen LogP contribution in [0.25, 0.3) is 0 Å². The van der Waals surface area contributed by atoms with Crippen LogP contribution >= 0.6 is 11.6 Å². The topological polar surface area (TPSA) is 55.4 Å². The van der Waals surface area contributed by atoms with Gasteiger partial charge in [-0.05, 0) is 30.9 Å². The van der Waals surface area contributed by atoms with E-state index in [-0.39, 0.29) is 23.8 Å². The highest BCUT2D eigenvalue weighted by atomic mass is 35.5. The van der Waals surface area contributed by atoms with E-state index in [9.17, 15) is 9.59 Å². The van der Waals surface area contributed by atoms with Crippen molar-refractivity contribution in [3.05, 3.63) is 34.9 Å². The first-order valence-corrected chi connectivity index (χ1v) is 7.60. The Kier molecular flexibility index (Phi) is 5.62. The van der Waals surface area contributed by atoms with Gasteiger partial charge in [-0.15, -0.1) is 0 Å². The summed E-state index contributed by atoms with van der Waals surface area (Å²) >= 11 is 6.07. The number of amides is 1. The summed E-state index contributed by atoms with van der Waals surface area (Å²) in [6.45, 7) is 0. The predicted octanol–water partition coefficient (Wildman–Crippen LogP) is 2.73. The van der Waals surface area contributed by atoms with Gasteiger partial charge in [0.05, 0.1) is 13.0 Å². The summed E-state index contributed by atoms with van der Waals surface area (Å²) in [6.07, 6.45) is 3.52. The maximum absolute atomic E-state index is 12.0. The second kappa shape index (κ2) is 7.46. The summed E-state index contributed by atoms with van der Waals surface area (Å²) in [4.78, 5) is 23.7. The van der Waals surface area contributed by atoms with E-state index >= 15 is 0 Å². The summed E-state index contributed by atoms with van der Waals surface area (Å²) in [5.41, 5.74) is 0.963. The van der Waals surface area contributed by atoms with Crippen LogP contribution in [0.1, 0.15) is 31.2 Å². The number of rotatable bonds is 5. The van der Waals surface area contributed by atoms with Gasteiger partial charge in [0.15, 0.2) is 0 Å². The first-order chi connectivity index (χ1) is 10.1. The molecule has 1 amide bonds. The third-order valence-corrected chi connectivity index (χ3v) is 4.31. The summed E-state index contributed by atoms with van der Waals surface area (Å²) in [5.74, 6) is -0.487. The molecular formula is C16H20ClNO3. The second-order valence-electron chi connectivity index (χ2n) is 5.33. The van der Waals surface area contributed by atoms with Crippen LogP contribution < -0.4 is 5.32 Å². The fourth-order valence-corrected chi connectivity index (χ4v) is 3.02. The number of methoxy groups -OCH3 is 1. The third kappa shape index (κ3) is 4.21. The molecule has 1 aromatic rings. The summed E-state index contributed by atoms with van der Waals surface area (Å²) < 4.78 is 4.78. The van der Waals surface area contributed by atoms with Gasteiger partial charge in [-0.3, -0.25) is 9.59 Å². The molecule has 114 valence electrons. The number of benzene rings is 1. The number of hydrogen-bond donors (Lipinski definition) is 1. The molecule has 21 heavy (non-hydrogen) atoms. The number of carbonyl (C=O) groups excluding carboxylic acids is 2. The summed E-state index contributed by atoms with van der Waals surface area (Å²) in [5, 5.41) is 3.63. The van der Waals surface area contributed by atoms with Crippen molar-refractivity contribution in [3.63, 3.8) is 0 Å². The lowest BCUT2D eigenvalue weighted by Crippen LogP contribution is -2.40. The van der Waals surface area contributed by atoms with Crippen LogP contribution in [0.5, 0.6) is 0 Å². The standard InChI is InChI=1S/C16H20ClNO3/c1-21-16(20)12-6-4-8-14(12)18-15(19)10-9-11-5-2-3-7-13(11)17/h2-3,5,7,12,14H,4,6,8-10H2,1H3,(H,18,19). The molecule has 2 rings (SSSR count). The maximum Gasteiger partial charge on any atom is 0.310 e. The van der Waals surface area contributed by atoms with E-state index in [0.29, 0.717) is 17.9 Å². The molecule has 1 aliphatic carbocycles. The van der Waals surface area contributed by atoms with E-state index < -0.39 is 0 Å². The summed E-state index contributed by atoms with van der Waals surface area (Å²) in [6, 6.07) is 7.41. The van der Waals surface area contributed by atoms with Gasteiger partial charge in [-0.25, -0.2) is 0 Å². The lowest BCUT2D eigenvalue weighted by molar-refractivity contribution is -0.146. The number of nitrogens with one attached hydrogen (secondary N) is 1. The molecule has 0 aromatic heterocycles. The average molecular weight is 310 g/mol. The number of carbonyl (C=O) groups is 2. The maximum atomic E-state index is 12.0. The monoisotopic (exact) mass is 309 g/mol. The van der Waals surface area contributed by atoms with Crippen LogP contribution in [0.2, 0.25) is 5.02 Å². The van der Waals surface area contributed by atoms with Crippen LogP contribution in [0.4, 0.5) is 0 Å². The van der Waals surface area contributed by atoms with Crippen LogP contribution in [0.3, 0.4) is 0 Å². The Labute approximate surface area is 129 Å². The molecule has 2 unspecified atom stereocenters. The van der Waals surface area contributed by atoms with E-state index in [4.69, 9.17) is 16.3 Å². The van der Waals surface area contributed by atoms with Gasteiger partial charge in [0, 0.05) is 17.5 Å². The Morgan fingerprint density at radius 1 is 1.33 bits per heavy atom. The van der Waals surface area contributed by atoms with Crippen LogP contribution in [0, 0.1) is 5.92 Å². The molecule has 0 saturated heterocycles. The smallest absolute Gasteiger partial charge is 0.310 e.